The van der Waals surface area contributed by atoms with Crippen LogP contribution in [0.3, 0.4) is 0 Å². The highest BCUT2D eigenvalue weighted by Crippen LogP contribution is 2.17. The minimum absolute atomic E-state index is 0.218. The minimum atomic E-state index is 0.218. The molecule has 0 aromatic carbocycles. The van der Waals surface area contributed by atoms with Crippen LogP contribution in [0.1, 0.15) is 31.2 Å². The Morgan fingerprint density at radius 2 is 2.19 bits per heavy atom. The molecule has 80 valence electrons. The summed E-state index contributed by atoms with van der Waals surface area (Å²) in [5.74, 6) is 1.25. The summed E-state index contributed by atoms with van der Waals surface area (Å²) in [4.78, 5) is 8.29. The maximum Gasteiger partial charge on any atom is 0.276 e. The van der Waals surface area contributed by atoms with Crippen molar-refractivity contribution in [3.05, 3.63) is 29.7 Å². The van der Waals surface area contributed by atoms with Gasteiger partial charge in [0.2, 0.25) is 0 Å². The van der Waals surface area contributed by atoms with Gasteiger partial charge in [0.1, 0.15) is 11.8 Å². The zero-order valence-electron chi connectivity index (χ0n) is 9.01. The van der Waals surface area contributed by atoms with Crippen molar-refractivity contribution in [1.29, 1.82) is 5.26 Å². The SMILES string of the molecule is CC(C)c1noc(-c2ccc(C#N)cn2)n1. The van der Waals surface area contributed by atoms with Crippen molar-refractivity contribution >= 4 is 0 Å². The second-order valence-electron chi connectivity index (χ2n) is 3.66. The molecule has 0 fully saturated rings. The van der Waals surface area contributed by atoms with Gasteiger partial charge in [0.05, 0.1) is 5.56 Å². The highest BCUT2D eigenvalue weighted by atomic mass is 16.5. The Morgan fingerprint density at radius 1 is 1.38 bits per heavy atom. The number of hydrogen-bond donors (Lipinski definition) is 0. The fourth-order valence-corrected chi connectivity index (χ4v) is 1.16. The van der Waals surface area contributed by atoms with E-state index in [0.717, 1.165) is 0 Å². The summed E-state index contributed by atoms with van der Waals surface area (Å²) in [6, 6.07) is 5.36. The molecular formula is C11H10N4O. The molecule has 2 aromatic heterocycles. The predicted molar refractivity (Wildman–Crippen MR) is 56.3 cm³/mol. The monoisotopic (exact) mass is 214 g/mol. The Hall–Kier alpha value is -2.22. The van der Waals surface area contributed by atoms with E-state index in [1.165, 1.54) is 6.20 Å². The summed E-state index contributed by atoms with van der Waals surface area (Å²) >= 11 is 0. The molecule has 16 heavy (non-hydrogen) atoms. The molecule has 0 aliphatic rings. The Kier molecular flexibility index (Phi) is 2.64. The molecule has 2 aromatic rings. The first-order valence-corrected chi connectivity index (χ1v) is 4.91. The first kappa shape index (κ1) is 10.3. The maximum absolute atomic E-state index is 8.63. The Morgan fingerprint density at radius 3 is 2.69 bits per heavy atom. The number of nitrogens with zero attached hydrogens (tertiary/aromatic N) is 4. The average Bonchev–Trinajstić information content (AvgIpc) is 2.78. The van der Waals surface area contributed by atoms with E-state index in [9.17, 15) is 0 Å². The van der Waals surface area contributed by atoms with E-state index in [-0.39, 0.29) is 5.92 Å². The first-order valence-electron chi connectivity index (χ1n) is 4.91. The molecule has 2 heterocycles. The van der Waals surface area contributed by atoms with Gasteiger partial charge in [-0.05, 0) is 12.1 Å². The van der Waals surface area contributed by atoms with E-state index in [1.54, 1.807) is 12.1 Å². The lowest BCUT2D eigenvalue weighted by molar-refractivity contribution is 0.418. The maximum atomic E-state index is 8.63. The van der Waals surface area contributed by atoms with Crippen LogP contribution in [0.2, 0.25) is 0 Å². The summed E-state index contributed by atoms with van der Waals surface area (Å²) in [7, 11) is 0. The molecule has 0 spiro atoms. The van der Waals surface area contributed by atoms with Crippen molar-refractivity contribution in [2.75, 3.05) is 0 Å². The third-order valence-electron chi connectivity index (χ3n) is 2.07. The van der Waals surface area contributed by atoms with E-state index in [0.29, 0.717) is 23.0 Å². The molecule has 0 aliphatic heterocycles. The number of rotatable bonds is 2. The second kappa shape index (κ2) is 4.11. The Balaban J connectivity index is 2.32. The quantitative estimate of drug-likeness (QED) is 0.765. The topological polar surface area (TPSA) is 75.6 Å². The van der Waals surface area contributed by atoms with E-state index < -0.39 is 0 Å². The van der Waals surface area contributed by atoms with Gasteiger partial charge in [0, 0.05) is 12.1 Å². The Labute approximate surface area is 92.7 Å². The Bertz CT molecular complexity index is 522. The molecule has 0 bridgehead atoms. The first-order chi connectivity index (χ1) is 7.70. The van der Waals surface area contributed by atoms with Crippen LogP contribution in [0.15, 0.2) is 22.9 Å². The molecule has 0 radical (unpaired) electrons. The van der Waals surface area contributed by atoms with Crippen molar-refractivity contribution in [3.8, 4) is 17.7 Å². The van der Waals surface area contributed by atoms with Crippen LogP contribution in [0.25, 0.3) is 11.6 Å². The molecule has 0 saturated heterocycles. The fraction of sp³-hybridized carbons (Fsp3) is 0.273. The average molecular weight is 214 g/mol. The van der Waals surface area contributed by atoms with Crippen LogP contribution in [0.4, 0.5) is 0 Å². The number of nitriles is 1. The number of pyridine rings is 1. The lowest BCUT2D eigenvalue weighted by atomic mass is 10.2. The third-order valence-corrected chi connectivity index (χ3v) is 2.07. The lowest BCUT2D eigenvalue weighted by Gasteiger charge is -1.93. The van der Waals surface area contributed by atoms with E-state index >= 15 is 0 Å². The van der Waals surface area contributed by atoms with Crippen molar-refractivity contribution < 1.29 is 4.52 Å². The van der Waals surface area contributed by atoms with Crippen LogP contribution in [0.5, 0.6) is 0 Å². The second-order valence-corrected chi connectivity index (χ2v) is 3.66. The van der Waals surface area contributed by atoms with Crippen LogP contribution in [-0.2, 0) is 0 Å². The van der Waals surface area contributed by atoms with Gasteiger partial charge in [-0.1, -0.05) is 19.0 Å². The highest BCUT2D eigenvalue weighted by Gasteiger charge is 2.12. The van der Waals surface area contributed by atoms with E-state index in [4.69, 9.17) is 9.78 Å². The molecule has 5 nitrogen and oxygen atoms in total. The predicted octanol–water partition coefficient (Wildman–Crippen LogP) is 2.13. The minimum Gasteiger partial charge on any atom is -0.332 e. The third kappa shape index (κ3) is 1.91. The van der Waals surface area contributed by atoms with Crippen molar-refractivity contribution in [1.82, 2.24) is 15.1 Å². The molecular weight excluding hydrogens is 204 g/mol. The smallest absolute Gasteiger partial charge is 0.276 e. The van der Waals surface area contributed by atoms with Crippen LogP contribution in [-0.4, -0.2) is 15.1 Å². The van der Waals surface area contributed by atoms with E-state index in [1.807, 2.05) is 19.9 Å². The number of hydrogen-bond acceptors (Lipinski definition) is 5. The van der Waals surface area contributed by atoms with Gasteiger partial charge < -0.3 is 4.52 Å². The largest absolute Gasteiger partial charge is 0.332 e. The van der Waals surface area contributed by atoms with Gasteiger partial charge in [0.25, 0.3) is 5.89 Å². The molecule has 0 N–H and O–H groups in total. The molecule has 0 saturated carbocycles. The van der Waals surface area contributed by atoms with Crippen LogP contribution >= 0.6 is 0 Å². The van der Waals surface area contributed by atoms with Crippen LogP contribution < -0.4 is 0 Å². The van der Waals surface area contributed by atoms with Gasteiger partial charge >= 0.3 is 0 Å². The van der Waals surface area contributed by atoms with Gasteiger partial charge in [-0.3, -0.25) is 0 Å². The summed E-state index contributed by atoms with van der Waals surface area (Å²) in [5.41, 5.74) is 1.09. The normalized spacial score (nSPS) is 10.4. The molecule has 0 aliphatic carbocycles. The standard InChI is InChI=1S/C11H10N4O/c1-7(2)10-14-11(16-15-10)9-4-3-8(5-12)6-13-9/h3-4,6-7H,1-2H3. The zero-order chi connectivity index (χ0) is 11.5. The summed E-state index contributed by atoms with van der Waals surface area (Å²) in [5, 5.41) is 12.5. The van der Waals surface area contributed by atoms with Crippen molar-refractivity contribution in [2.24, 2.45) is 0 Å². The van der Waals surface area contributed by atoms with E-state index in [2.05, 4.69) is 15.1 Å². The van der Waals surface area contributed by atoms with Gasteiger partial charge in [-0.25, -0.2) is 4.98 Å². The fourth-order valence-electron chi connectivity index (χ4n) is 1.16. The summed E-state index contributed by atoms with van der Waals surface area (Å²) in [6.45, 7) is 3.97. The van der Waals surface area contributed by atoms with Gasteiger partial charge in [-0.15, -0.1) is 0 Å². The summed E-state index contributed by atoms with van der Waals surface area (Å²) < 4.78 is 5.08. The lowest BCUT2D eigenvalue weighted by Crippen LogP contribution is -1.90. The molecule has 0 atom stereocenters. The molecule has 2 rings (SSSR count). The molecule has 0 amide bonds. The van der Waals surface area contributed by atoms with Crippen molar-refractivity contribution in [2.45, 2.75) is 19.8 Å². The van der Waals surface area contributed by atoms with Gasteiger partial charge in [0.15, 0.2) is 5.82 Å². The van der Waals surface area contributed by atoms with Crippen LogP contribution in [0, 0.1) is 11.3 Å². The highest BCUT2D eigenvalue weighted by molar-refractivity contribution is 5.47. The van der Waals surface area contributed by atoms with Gasteiger partial charge in [-0.2, -0.15) is 10.2 Å². The summed E-state index contributed by atoms with van der Waals surface area (Å²) in [6.07, 6.45) is 1.48. The number of aromatic nitrogens is 3. The molecule has 0 unspecified atom stereocenters. The molecule has 5 heteroatoms. The van der Waals surface area contributed by atoms with Crippen molar-refractivity contribution in [3.63, 3.8) is 0 Å². The zero-order valence-corrected chi connectivity index (χ0v) is 9.01.